The van der Waals surface area contributed by atoms with Crippen LogP contribution in [-0.2, 0) is 13.6 Å². The Morgan fingerprint density at radius 2 is 1.74 bits per heavy atom. The van der Waals surface area contributed by atoms with E-state index in [1.807, 2.05) is 6.92 Å². The number of nitrogens with zero attached hydrogens (tertiary/aromatic N) is 7. The maximum absolute atomic E-state index is 4.75. The van der Waals surface area contributed by atoms with Crippen molar-refractivity contribution in [3.63, 3.8) is 0 Å². The fourth-order valence-corrected chi connectivity index (χ4v) is 4.45. The van der Waals surface area contributed by atoms with Crippen LogP contribution in [0.15, 0.2) is 0 Å². The molecule has 0 N–H and O–H groups in total. The quantitative estimate of drug-likeness (QED) is 0.825. The first-order valence-electron chi connectivity index (χ1n) is 10.2. The topological polar surface area (TPSA) is 63.0 Å². The van der Waals surface area contributed by atoms with Crippen LogP contribution in [0.2, 0.25) is 0 Å². The molecule has 0 bridgehead atoms. The Hall–Kier alpha value is -2.02. The number of rotatable bonds is 4. The molecule has 4 heterocycles. The van der Waals surface area contributed by atoms with Gasteiger partial charge in [-0.2, -0.15) is 0 Å². The van der Waals surface area contributed by atoms with Crippen molar-refractivity contribution < 1.29 is 0 Å². The number of anilines is 1. The van der Waals surface area contributed by atoms with Gasteiger partial charge in [0, 0.05) is 37.3 Å². The molecule has 2 aliphatic rings. The Morgan fingerprint density at radius 3 is 2.52 bits per heavy atom. The predicted octanol–water partition coefficient (Wildman–Crippen LogP) is 2.51. The maximum atomic E-state index is 4.75. The van der Waals surface area contributed by atoms with Crippen LogP contribution in [-0.4, -0.2) is 55.8 Å². The van der Waals surface area contributed by atoms with Gasteiger partial charge in [0.15, 0.2) is 0 Å². The molecular formula is C20H31N7. The standard InChI is InChI=1S/C20H31N7/c1-14-15(2)21-16(3)22-19(14)27-11-7-8-17(12-27)20-24-23-18(25(20)4)13-26-9-5-6-10-26/h17H,5-13H2,1-4H3/t17-/m0/s1. The molecule has 0 aliphatic carbocycles. The first-order chi connectivity index (χ1) is 13.0. The molecule has 2 fully saturated rings. The van der Waals surface area contributed by atoms with Gasteiger partial charge in [0.25, 0.3) is 0 Å². The van der Waals surface area contributed by atoms with Crippen molar-refractivity contribution in [2.24, 2.45) is 7.05 Å². The summed E-state index contributed by atoms with van der Waals surface area (Å²) < 4.78 is 2.23. The Bertz CT molecular complexity index is 807. The van der Waals surface area contributed by atoms with Crippen LogP contribution in [0.4, 0.5) is 5.82 Å². The third kappa shape index (κ3) is 3.70. The number of aromatic nitrogens is 5. The van der Waals surface area contributed by atoms with Crippen LogP contribution in [0.3, 0.4) is 0 Å². The van der Waals surface area contributed by atoms with Gasteiger partial charge in [-0.25, -0.2) is 9.97 Å². The van der Waals surface area contributed by atoms with Gasteiger partial charge < -0.3 is 9.47 Å². The molecule has 2 aromatic heterocycles. The predicted molar refractivity (Wildman–Crippen MR) is 106 cm³/mol. The van der Waals surface area contributed by atoms with E-state index in [4.69, 9.17) is 4.98 Å². The van der Waals surface area contributed by atoms with Gasteiger partial charge in [-0.15, -0.1) is 10.2 Å². The second-order valence-electron chi connectivity index (χ2n) is 8.11. The summed E-state index contributed by atoms with van der Waals surface area (Å²) in [6.45, 7) is 11.5. The Labute approximate surface area is 161 Å². The van der Waals surface area contributed by atoms with Crippen LogP contribution in [0.1, 0.15) is 60.3 Å². The summed E-state index contributed by atoms with van der Waals surface area (Å²) >= 11 is 0. The van der Waals surface area contributed by atoms with Crippen LogP contribution >= 0.6 is 0 Å². The molecule has 0 saturated carbocycles. The molecule has 0 aromatic carbocycles. The van der Waals surface area contributed by atoms with Gasteiger partial charge in [-0.1, -0.05) is 0 Å². The maximum Gasteiger partial charge on any atom is 0.146 e. The second-order valence-corrected chi connectivity index (χ2v) is 8.11. The van der Waals surface area contributed by atoms with Crippen molar-refractivity contribution in [2.75, 3.05) is 31.1 Å². The highest BCUT2D eigenvalue weighted by atomic mass is 15.3. The van der Waals surface area contributed by atoms with Gasteiger partial charge in [-0.05, 0) is 59.5 Å². The molecule has 4 rings (SSSR count). The minimum absolute atomic E-state index is 0.401. The highest BCUT2D eigenvalue weighted by Crippen LogP contribution is 2.30. The fourth-order valence-electron chi connectivity index (χ4n) is 4.45. The van der Waals surface area contributed by atoms with Crippen LogP contribution in [0.5, 0.6) is 0 Å². The first-order valence-corrected chi connectivity index (χ1v) is 10.2. The zero-order valence-electron chi connectivity index (χ0n) is 17.1. The smallest absolute Gasteiger partial charge is 0.146 e. The van der Waals surface area contributed by atoms with Crippen molar-refractivity contribution in [1.82, 2.24) is 29.6 Å². The minimum atomic E-state index is 0.401. The van der Waals surface area contributed by atoms with Gasteiger partial charge in [0.1, 0.15) is 23.3 Å². The van der Waals surface area contributed by atoms with E-state index in [2.05, 4.69) is 50.4 Å². The van der Waals surface area contributed by atoms with E-state index < -0.39 is 0 Å². The molecule has 0 radical (unpaired) electrons. The van der Waals surface area contributed by atoms with Crippen molar-refractivity contribution in [1.29, 1.82) is 0 Å². The number of likely N-dealkylation sites (tertiary alicyclic amines) is 1. The third-order valence-electron chi connectivity index (χ3n) is 6.12. The summed E-state index contributed by atoms with van der Waals surface area (Å²) in [5.41, 5.74) is 2.26. The van der Waals surface area contributed by atoms with Crippen molar-refractivity contribution >= 4 is 5.82 Å². The van der Waals surface area contributed by atoms with Gasteiger partial charge in [0.2, 0.25) is 0 Å². The largest absolute Gasteiger partial charge is 0.356 e. The molecule has 146 valence electrons. The number of hydrogen-bond acceptors (Lipinski definition) is 6. The first kappa shape index (κ1) is 18.3. The number of piperidine rings is 1. The van der Waals surface area contributed by atoms with Crippen LogP contribution in [0, 0.1) is 20.8 Å². The molecule has 0 unspecified atom stereocenters. The molecular weight excluding hydrogens is 338 g/mol. The van der Waals surface area contributed by atoms with Crippen molar-refractivity contribution in [2.45, 2.75) is 58.9 Å². The van der Waals surface area contributed by atoms with Gasteiger partial charge >= 0.3 is 0 Å². The van der Waals surface area contributed by atoms with Crippen molar-refractivity contribution in [3.8, 4) is 0 Å². The molecule has 7 heteroatoms. The lowest BCUT2D eigenvalue weighted by Crippen LogP contribution is -2.36. The van der Waals surface area contributed by atoms with Crippen molar-refractivity contribution in [3.05, 3.63) is 28.7 Å². The van der Waals surface area contributed by atoms with Gasteiger partial charge in [0.05, 0.1) is 6.54 Å². The average Bonchev–Trinajstić information content (AvgIpc) is 3.29. The van der Waals surface area contributed by atoms with E-state index in [0.717, 1.165) is 61.5 Å². The van der Waals surface area contributed by atoms with E-state index in [1.165, 1.54) is 31.5 Å². The lowest BCUT2D eigenvalue weighted by Gasteiger charge is -2.34. The minimum Gasteiger partial charge on any atom is -0.356 e. The zero-order chi connectivity index (χ0) is 19.0. The van der Waals surface area contributed by atoms with E-state index in [1.54, 1.807) is 0 Å². The molecule has 7 nitrogen and oxygen atoms in total. The summed E-state index contributed by atoms with van der Waals surface area (Å²) in [7, 11) is 2.13. The summed E-state index contributed by atoms with van der Waals surface area (Å²) in [4.78, 5) is 14.1. The number of aryl methyl sites for hydroxylation is 2. The molecule has 2 aliphatic heterocycles. The van der Waals surface area contributed by atoms with Crippen LogP contribution in [0.25, 0.3) is 0 Å². The monoisotopic (exact) mass is 369 g/mol. The zero-order valence-corrected chi connectivity index (χ0v) is 17.1. The molecule has 0 amide bonds. The molecule has 27 heavy (non-hydrogen) atoms. The SMILES string of the molecule is Cc1nc(C)c(C)c(N2CCC[C@H](c3nnc(CN4CCCC4)n3C)C2)n1. The highest BCUT2D eigenvalue weighted by Gasteiger charge is 2.28. The highest BCUT2D eigenvalue weighted by molar-refractivity contribution is 5.49. The number of hydrogen-bond donors (Lipinski definition) is 0. The fraction of sp³-hybridized carbons (Fsp3) is 0.700. The summed E-state index contributed by atoms with van der Waals surface area (Å²) in [6.07, 6.45) is 4.92. The molecule has 0 spiro atoms. The molecule has 2 saturated heterocycles. The molecule has 2 aromatic rings. The van der Waals surface area contributed by atoms with E-state index in [-0.39, 0.29) is 0 Å². The average molecular weight is 370 g/mol. The Kier molecular flexibility index (Phi) is 5.12. The van der Waals surface area contributed by atoms with Gasteiger partial charge in [-0.3, -0.25) is 4.90 Å². The Morgan fingerprint density at radius 1 is 0.963 bits per heavy atom. The second kappa shape index (κ2) is 7.54. The van der Waals surface area contributed by atoms with Crippen LogP contribution < -0.4 is 4.90 Å². The lowest BCUT2D eigenvalue weighted by atomic mass is 9.96. The Balaban J connectivity index is 1.53. The normalized spacial score (nSPS) is 21.2. The van der Waals surface area contributed by atoms with E-state index in [0.29, 0.717) is 5.92 Å². The summed E-state index contributed by atoms with van der Waals surface area (Å²) in [6, 6.07) is 0. The van der Waals surface area contributed by atoms with E-state index in [9.17, 15) is 0 Å². The summed E-state index contributed by atoms with van der Waals surface area (Å²) in [5.74, 6) is 4.55. The summed E-state index contributed by atoms with van der Waals surface area (Å²) in [5, 5.41) is 9.12. The van der Waals surface area contributed by atoms with E-state index >= 15 is 0 Å². The lowest BCUT2D eigenvalue weighted by molar-refractivity contribution is 0.317. The third-order valence-corrected chi connectivity index (χ3v) is 6.12. The molecule has 1 atom stereocenters.